The second-order valence-corrected chi connectivity index (χ2v) is 3.85. The molecule has 2 aromatic rings. The predicted molar refractivity (Wildman–Crippen MR) is 65.2 cm³/mol. The number of nitrogens with zero attached hydrogens (tertiary/aromatic N) is 2. The van der Waals surface area contributed by atoms with Crippen molar-refractivity contribution in [1.82, 2.24) is 15.5 Å². The summed E-state index contributed by atoms with van der Waals surface area (Å²) in [6.07, 6.45) is 5.09. The highest BCUT2D eigenvalue weighted by atomic mass is 35.5. The molecule has 0 spiro atoms. The molecule has 0 saturated carbocycles. The molecule has 0 aliphatic carbocycles. The molecular formula is C12H9ClFN3O. The second-order valence-electron chi connectivity index (χ2n) is 3.44. The maximum Gasteiger partial charge on any atom is 0.240 e. The molecule has 1 N–H and O–H groups in total. The Bertz CT molecular complexity index is 591. The molecule has 6 heteroatoms. The van der Waals surface area contributed by atoms with Crippen LogP contribution in [0.5, 0.6) is 0 Å². The van der Waals surface area contributed by atoms with Crippen molar-refractivity contribution in [2.45, 2.75) is 6.54 Å². The van der Waals surface area contributed by atoms with Crippen LogP contribution in [-0.2, 0) is 6.54 Å². The molecule has 0 atom stereocenters. The van der Waals surface area contributed by atoms with Crippen molar-refractivity contribution in [3.63, 3.8) is 0 Å². The van der Waals surface area contributed by atoms with Crippen LogP contribution in [0.2, 0.25) is 5.02 Å². The number of terminal acetylenes is 1. The first-order valence-electron chi connectivity index (χ1n) is 5.13. The summed E-state index contributed by atoms with van der Waals surface area (Å²) in [6, 6.07) is 3.98. The molecule has 18 heavy (non-hydrogen) atoms. The lowest BCUT2D eigenvalue weighted by atomic mass is 10.2. The van der Waals surface area contributed by atoms with Gasteiger partial charge in [-0.05, 0) is 18.2 Å². The molecule has 92 valence electrons. The van der Waals surface area contributed by atoms with E-state index in [0.29, 0.717) is 30.4 Å². The molecule has 0 amide bonds. The van der Waals surface area contributed by atoms with Crippen molar-refractivity contribution in [2.75, 3.05) is 6.54 Å². The van der Waals surface area contributed by atoms with Crippen molar-refractivity contribution in [3.8, 4) is 23.7 Å². The molecule has 0 saturated heterocycles. The number of hydrogen-bond donors (Lipinski definition) is 1. The van der Waals surface area contributed by atoms with E-state index >= 15 is 0 Å². The van der Waals surface area contributed by atoms with E-state index in [0.717, 1.165) is 0 Å². The summed E-state index contributed by atoms with van der Waals surface area (Å²) < 4.78 is 17.9. The topological polar surface area (TPSA) is 51.0 Å². The van der Waals surface area contributed by atoms with Gasteiger partial charge in [-0.15, -0.1) is 6.42 Å². The summed E-state index contributed by atoms with van der Waals surface area (Å²) in [6.45, 7) is 0.783. The number of halogens is 2. The Balaban J connectivity index is 2.16. The lowest BCUT2D eigenvalue weighted by molar-refractivity contribution is 0.370. The van der Waals surface area contributed by atoms with Crippen LogP contribution in [0.4, 0.5) is 4.39 Å². The molecule has 2 rings (SSSR count). The highest BCUT2D eigenvalue weighted by molar-refractivity contribution is 6.33. The minimum Gasteiger partial charge on any atom is -0.338 e. The Labute approximate surface area is 108 Å². The summed E-state index contributed by atoms with van der Waals surface area (Å²) in [4.78, 5) is 4.13. The summed E-state index contributed by atoms with van der Waals surface area (Å²) >= 11 is 5.90. The van der Waals surface area contributed by atoms with Crippen LogP contribution in [0.1, 0.15) is 5.89 Å². The normalized spacial score (nSPS) is 10.3. The Kier molecular flexibility index (Phi) is 3.92. The fourth-order valence-electron chi connectivity index (χ4n) is 1.35. The summed E-state index contributed by atoms with van der Waals surface area (Å²) in [7, 11) is 0. The SMILES string of the molecule is C#CCNCc1nc(-c2ccc(F)cc2Cl)no1. The molecule has 1 aromatic heterocycles. The van der Waals surface area contributed by atoms with Gasteiger partial charge in [0.15, 0.2) is 0 Å². The highest BCUT2D eigenvalue weighted by Gasteiger charge is 2.12. The zero-order chi connectivity index (χ0) is 13.0. The van der Waals surface area contributed by atoms with Crippen LogP contribution >= 0.6 is 11.6 Å². The lowest BCUT2D eigenvalue weighted by Gasteiger charge is -1.97. The second kappa shape index (κ2) is 5.63. The third-order valence-electron chi connectivity index (χ3n) is 2.14. The molecule has 0 radical (unpaired) electrons. The fourth-order valence-corrected chi connectivity index (χ4v) is 1.60. The van der Waals surface area contributed by atoms with Gasteiger partial charge >= 0.3 is 0 Å². The summed E-state index contributed by atoms with van der Waals surface area (Å²) in [5.41, 5.74) is 0.519. The van der Waals surface area contributed by atoms with Gasteiger partial charge in [0, 0.05) is 5.56 Å². The Morgan fingerprint density at radius 2 is 2.33 bits per heavy atom. The van der Waals surface area contributed by atoms with Crippen LogP contribution in [0, 0.1) is 18.2 Å². The minimum absolute atomic E-state index is 0.235. The van der Waals surface area contributed by atoms with Gasteiger partial charge in [-0.2, -0.15) is 4.98 Å². The number of benzene rings is 1. The Morgan fingerprint density at radius 3 is 3.06 bits per heavy atom. The monoisotopic (exact) mass is 265 g/mol. The van der Waals surface area contributed by atoms with E-state index in [4.69, 9.17) is 22.5 Å². The van der Waals surface area contributed by atoms with Crippen molar-refractivity contribution in [1.29, 1.82) is 0 Å². The predicted octanol–water partition coefficient (Wildman–Crippen LogP) is 2.25. The van der Waals surface area contributed by atoms with Crippen LogP contribution in [0.3, 0.4) is 0 Å². The van der Waals surface area contributed by atoms with Crippen LogP contribution in [-0.4, -0.2) is 16.7 Å². The quantitative estimate of drug-likeness (QED) is 0.680. The van der Waals surface area contributed by atoms with E-state index < -0.39 is 5.82 Å². The van der Waals surface area contributed by atoms with Crippen molar-refractivity contribution in [2.24, 2.45) is 0 Å². The fraction of sp³-hybridized carbons (Fsp3) is 0.167. The van der Waals surface area contributed by atoms with E-state index in [1.54, 1.807) is 0 Å². The first kappa shape index (κ1) is 12.6. The van der Waals surface area contributed by atoms with Crippen LogP contribution < -0.4 is 5.32 Å². The largest absolute Gasteiger partial charge is 0.338 e. The van der Waals surface area contributed by atoms with Crippen molar-refractivity contribution in [3.05, 3.63) is 34.9 Å². The van der Waals surface area contributed by atoms with Gasteiger partial charge in [0.2, 0.25) is 11.7 Å². The standard InChI is InChI=1S/C12H9ClFN3O/c1-2-5-15-7-11-16-12(17-18-11)9-4-3-8(14)6-10(9)13/h1,3-4,6,15H,5,7H2. The molecule has 0 bridgehead atoms. The van der Waals surface area contributed by atoms with Gasteiger partial charge in [0.1, 0.15) is 5.82 Å². The van der Waals surface area contributed by atoms with Gasteiger partial charge in [0.05, 0.1) is 18.1 Å². The number of hydrogen-bond acceptors (Lipinski definition) is 4. The molecular weight excluding hydrogens is 257 g/mol. The van der Waals surface area contributed by atoms with Crippen molar-refractivity contribution < 1.29 is 8.91 Å². The first-order chi connectivity index (χ1) is 8.70. The molecule has 0 aliphatic rings. The minimum atomic E-state index is -0.414. The van der Waals surface area contributed by atoms with Crippen LogP contribution in [0.15, 0.2) is 22.7 Å². The maximum atomic E-state index is 12.9. The molecule has 4 nitrogen and oxygen atoms in total. The molecule has 1 aromatic carbocycles. The first-order valence-corrected chi connectivity index (χ1v) is 5.50. The van der Waals surface area contributed by atoms with Crippen LogP contribution in [0.25, 0.3) is 11.4 Å². The summed E-state index contributed by atoms with van der Waals surface area (Å²) in [5, 5.41) is 6.92. The number of rotatable bonds is 4. The molecule has 1 heterocycles. The zero-order valence-corrected chi connectivity index (χ0v) is 10.0. The van der Waals surface area contributed by atoms with Gasteiger partial charge < -0.3 is 4.52 Å². The summed E-state index contributed by atoms with van der Waals surface area (Å²) in [5.74, 6) is 2.72. The average Bonchev–Trinajstić information content (AvgIpc) is 2.78. The van der Waals surface area contributed by atoms with Gasteiger partial charge in [-0.1, -0.05) is 22.7 Å². The smallest absolute Gasteiger partial charge is 0.240 e. The van der Waals surface area contributed by atoms with Gasteiger partial charge in [-0.3, -0.25) is 5.32 Å². The Hall–Kier alpha value is -1.90. The third-order valence-corrected chi connectivity index (χ3v) is 2.46. The molecule has 0 aliphatic heterocycles. The molecule has 0 fully saturated rings. The van der Waals surface area contributed by atoms with Crippen molar-refractivity contribution >= 4 is 11.6 Å². The number of nitrogens with one attached hydrogen (secondary N) is 1. The Morgan fingerprint density at radius 1 is 1.50 bits per heavy atom. The zero-order valence-electron chi connectivity index (χ0n) is 9.28. The lowest BCUT2D eigenvalue weighted by Crippen LogP contribution is -2.13. The van der Waals surface area contributed by atoms with E-state index in [1.807, 2.05) is 0 Å². The molecule has 0 unspecified atom stereocenters. The third kappa shape index (κ3) is 2.86. The van der Waals surface area contributed by atoms with Gasteiger partial charge in [-0.25, -0.2) is 4.39 Å². The van der Waals surface area contributed by atoms with E-state index in [-0.39, 0.29) is 5.02 Å². The van der Waals surface area contributed by atoms with Gasteiger partial charge in [0.25, 0.3) is 0 Å². The number of aromatic nitrogens is 2. The maximum absolute atomic E-state index is 12.9. The highest BCUT2D eigenvalue weighted by Crippen LogP contribution is 2.26. The van der Waals surface area contributed by atoms with E-state index in [2.05, 4.69) is 21.4 Å². The average molecular weight is 266 g/mol. The van der Waals surface area contributed by atoms with E-state index in [1.165, 1.54) is 18.2 Å². The van der Waals surface area contributed by atoms with E-state index in [9.17, 15) is 4.39 Å².